The predicted molar refractivity (Wildman–Crippen MR) is 93.7 cm³/mol. The van der Waals surface area contributed by atoms with Crippen LogP contribution in [-0.4, -0.2) is 24.6 Å². The number of amides is 2. The molecule has 23 heavy (non-hydrogen) atoms. The molecule has 0 fully saturated rings. The molecule has 2 aromatic carbocycles. The fourth-order valence-corrected chi connectivity index (χ4v) is 2.30. The highest BCUT2D eigenvalue weighted by Crippen LogP contribution is 2.14. The second kappa shape index (κ2) is 8.45. The smallest absolute Gasteiger partial charge is 0.259 e. The molecule has 118 valence electrons. The zero-order valence-electron chi connectivity index (χ0n) is 11.9. The van der Waals surface area contributed by atoms with E-state index in [9.17, 15) is 9.59 Å². The summed E-state index contributed by atoms with van der Waals surface area (Å²) >= 11 is 9.28. The molecule has 0 radical (unpaired) electrons. The third-order valence-corrected chi connectivity index (χ3v) is 3.88. The Hall–Kier alpha value is -2.18. The number of hydrogen-bond donors (Lipinski definition) is 2. The summed E-state index contributed by atoms with van der Waals surface area (Å²) in [6.45, 7) is -0.197. The molecule has 0 unspecified atom stereocenters. The topological polar surface area (TPSA) is 70.6 Å². The lowest BCUT2D eigenvalue weighted by Crippen LogP contribution is -2.35. The summed E-state index contributed by atoms with van der Waals surface area (Å²) in [4.78, 5) is 23.5. The summed E-state index contributed by atoms with van der Waals surface area (Å²) in [6, 6.07) is 14.1. The van der Waals surface area contributed by atoms with Crippen molar-refractivity contribution in [3.05, 3.63) is 69.2 Å². The van der Waals surface area contributed by atoms with E-state index in [0.717, 1.165) is 10.0 Å². The quantitative estimate of drug-likeness (QED) is 0.604. The first kappa shape index (κ1) is 17.2. The van der Waals surface area contributed by atoms with E-state index in [1.807, 2.05) is 24.3 Å². The van der Waals surface area contributed by atoms with Gasteiger partial charge in [-0.1, -0.05) is 57.9 Å². The van der Waals surface area contributed by atoms with Crippen molar-refractivity contribution in [3.63, 3.8) is 0 Å². The van der Waals surface area contributed by atoms with Gasteiger partial charge in [-0.25, -0.2) is 5.43 Å². The molecule has 0 aliphatic carbocycles. The molecule has 7 heteroatoms. The van der Waals surface area contributed by atoms with E-state index in [2.05, 4.69) is 31.8 Å². The van der Waals surface area contributed by atoms with Crippen LogP contribution in [0.3, 0.4) is 0 Å². The first-order valence-electron chi connectivity index (χ1n) is 6.67. The molecule has 0 saturated carbocycles. The molecule has 0 bridgehead atoms. The number of carbonyl (C=O) groups is 2. The van der Waals surface area contributed by atoms with Gasteiger partial charge in [0, 0.05) is 10.0 Å². The first-order valence-corrected chi connectivity index (χ1v) is 7.84. The van der Waals surface area contributed by atoms with Crippen LogP contribution in [0, 0.1) is 0 Å². The average molecular weight is 395 g/mol. The summed E-state index contributed by atoms with van der Waals surface area (Å²) in [7, 11) is 0. The van der Waals surface area contributed by atoms with E-state index in [1.54, 1.807) is 24.3 Å². The SMILES string of the molecule is O=C(CNC(=O)c1ccccc1Cl)N/N=C/c1ccccc1Br. The summed E-state index contributed by atoms with van der Waals surface area (Å²) in [6.07, 6.45) is 1.51. The highest BCUT2D eigenvalue weighted by molar-refractivity contribution is 9.10. The molecule has 0 spiro atoms. The van der Waals surface area contributed by atoms with Crippen molar-refractivity contribution in [2.75, 3.05) is 6.54 Å². The normalized spacial score (nSPS) is 10.5. The van der Waals surface area contributed by atoms with Gasteiger partial charge in [-0.15, -0.1) is 0 Å². The Bertz CT molecular complexity index is 750. The predicted octanol–water partition coefficient (Wildman–Crippen LogP) is 2.98. The second-order valence-electron chi connectivity index (χ2n) is 4.48. The van der Waals surface area contributed by atoms with Crippen molar-refractivity contribution in [2.45, 2.75) is 0 Å². The van der Waals surface area contributed by atoms with Gasteiger partial charge in [0.25, 0.3) is 11.8 Å². The third kappa shape index (κ3) is 5.19. The molecular weight excluding hydrogens is 382 g/mol. The van der Waals surface area contributed by atoms with Crippen molar-refractivity contribution >= 4 is 45.6 Å². The minimum Gasteiger partial charge on any atom is -0.343 e. The Morgan fingerprint density at radius 3 is 2.57 bits per heavy atom. The molecule has 2 rings (SSSR count). The van der Waals surface area contributed by atoms with Gasteiger partial charge in [-0.05, 0) is 18.2 Å². The minimum absolute atomic E-state index is 0.197. The summed E-state index contributed by atoms with van der Waals surface area (Å²) < 4.78 is 0.866. The Morgan fingerprint density at radius 1 is 1.13 bits per heavy atom. The van der Waals surface area contributed by atoms with E-state index < -0.39 is 11.8 Å². The average Bonchev–Trinajstić information content (AvgIpc) is 2.55. The van der Waals surface area contributed by atoms with Gasteiger partial charge in [0.05, 0.1) is 23.3 Å². The Labute approximate surface area is 146 Å². The molecule has 5 nitrogen and oxygen atoms in total. The van der Waals surface area contributed by atoms with Crippen molar-refractivity contribution in [1.29, 1.82) is 0 Å². The van der Waals surface area contributed by atoms with Crippen molar-refractivity contribution in [1.82, 2.24) is 10.7 Å². The molecule has 0 aliphatic heterocycles. The highest BCUT2D eigenvalue weighted by atomic mass is 79.9. The number of hydrogen-bond acceptors (Lipinski definition) is 3. The van der Waals surface area contributed by atoms with Crippen molar-refractivity contribution in [3.8, 4) is 0 Å². The van der Waals surface area contributed by atoms with E-state index >= 15 is 0 Å². The summed E-state index contributed by atoms with van der Waals surface area (Å²) in [5, 5.41) is 6.65. The second-order valence-corrected chi connectivity index (χ2v) is 5.74. The number of nitrogens with zero attached hydrogens (tertiary/aromatic N) is 1. The van der Waals surface area contributed by atoms with Gasteiger partial charge >= 0.3 is 0 Å². The number of rotatable bonds is 5. The Balaban J connectivity index is 1.83. The zero-order valence-corrected chi connectivity index (χ0v) is 14.3. The molecule has 2 N–H and O–H groups in total. The van der Waals surface area contributed by atoms with Crippen LogP contribution in [0.1, 0.15) is 15.9 Å². The number of hydrazone groups is 1. The van der Waals surface area contributed by atoms with Crippen LogP contribution in [0.25, 0.3) is 0 Å². The van der Waals surface area contributed by atoms with Crippen LogP contribution >= 0.6 is 27.5 Å². The van der Waals surface area contributed by atoms with Gasteiger partial charge in [-0.3, -0.25) is 9.59 Å². The lowest BCUT2D eigenvalue weighted by Gasteiger charge is -2.05. The molecule has 0 heterocycles. The van der Waals surface area contributed by atoms with E-state index in [4.69, 9.17) is 11.6 Å². The van der Waals surface area contributed by atoms with Crippen molar-refractivity contribution in [2.24, 2.45) is 5.10 Å². The van der Waals surface area contributed by atoms with Crippen LogP contribution < -0.4 is 10.7 Å². The lowest BCUT2D eigenvalue weighted by atomic mass is 10.2. The Morgan fingerprint density at radius 2 is 1.83 bits per heavy atom. The number of carbonyl (C=O) groups excluding carboxylic acids is 2. The van der Waals surface area contributed by atoms with Gasteiger partial charge < -0.3 is 5.32 Å². The van der Waals surface area contributed by atoms with Crippen LogP contribution in [0.5, 0.6) is 0 Å². The van der Waals surface area contributed by atoms with Gasteiger partial charge in [0.2, 0.25) is 0 Å². The summed E-state index contributed by atoms with van der Waals surface area (Å²) in [5.41, 5.74) is 3.49. The van der Waals surface area contributed by atoms with Crippen LogP contribution in [0.4, 0.5) is 0 Å². The Kier molecular flexibility index (Phi) is 6.31. The molecular formula is C16H13BrClN3O2. The number of nitrogens with one attached hydrogen (secondary N) is 2. The van der Waals surface area contributed by atoms with Gasteiger partial charge in [0.15, 0.2) is 0 Å². The molecule has 0 saturated heterocycles. The summed E-state index contributed by atoms with van der Waals surface area (Å²) in [5.74, 6) is -0.853. The maximum Gasteiger partial charge on any atom is 0.259 e. The van der Waals surface area contributed by atoms with Crippen LogP contribution in [0.2, 0.25) is 5.02 Å². The van der Waals surface area contributed by atoms with Crippen molar-refractivity contribution < 1.29 is 9.59 Å². The highest BCUT2D eigenvalue weighted by Gasteiger charge is 2.10. The molecule has 0 aromatic heterocycles. The number of halogens is 2. The monoisotopic (exact) mass is 393 g/mol. The van der Waals surface area contributed by atoms with Crippen LogP contribution in [0.15, 0.2) is 58.1 Å². The van der Waals surface area contributed by atoms with E-state index in [1.165, 1.54) is 6.21 Å². The van der Waals surface area contributed by atoms with Gasteiger partial charge in [-0.2, -0.15) is 5.10 Å². The molecule has 0 atom stereocenters. The first-order chi connectivity index (χ1) is 11.1. The number of benzene rings is 2. The molecule has 2 aromatic rings. The van der Waals surface area contributed by atoms with Crippen LogP contribution in [-0.2, 0) is 4.79 Å². The fourth-order valence-electron chi connectivity index (χ4n) is 1.69. The maximum absolute atomic E-state index is 11.9. The molecule has 2 amide bonds. The molecule has 0 aliphatic rings. The minimum atomic E-state index is -0.436. The van der Waals surface area contributed by atoms with E-state index in [-0.39, 0.29) is 6.54 Å². The van der Waals surface area contributed by atoms with E-state index in [0.29, 0.717) is 10.6 Å². The maximum atomic E-state index is 11.9. The third-order valence-electron chi connectivity index (χ3n) is 2.83. The van der Waals surface area contributed by atoms with Gasteiger partial charge in [0.1, 0.15) is 0 Å². The zero-order chi connectivity index (χ0) is 16.7. The fraction of sp³-hybridized carbons (Fsp3) is 0.0625. The lowest BCUT2D eigenvalue weighted by molar-refractivity contribution is -0.120. The standard InChI is InChI=1S/C16H13BrClN3O2/c17-13-7-3-1-5-11(13)9-20-21-15(22)10-19-16(23)12-6-2-4-8-14(12)18/h1-9H,10H2,(H,19,23)(H,21,22)/b20-9+. The largest absolute Gasteiger partial charge is 0.343 e.